The van der Waals surface area contributed by atoms with Crippen LogP contribution in [-0.2, 0) is 32.5 Å². The molecule has 0 saturated carbocycles. The zero-order valence-corrected chi connectivity index (χ0v) is 45.9. The van der Waals surface area contributed by atoms with Gasteiger partial charge in [-0.15, -0.1) is 0 Å². The molecule has 2 heterocycles. The van der Waals surface area contributed by atoms with Gasteiger partial charge in [0.05, 0.1) is 5.41 Å². The first-order valence-corrected chi connectivity index (χ1v) is 26.7. The molecule has 3 heteroatoms. The van der Waals surface area contributed by atoms with Crippen molar-refractivity contribution in [3.8, 4) is 0 Å². The van der Waals surface area contributed by atoms with Gasteiger partial charge in [0, 0.05) is 39.5 Å². The second-order valence-electron chi connectivity index (χ2n) is 25.9. The van der Waals surface area contributed by atoms with Crippen LogP contribution in [0.2, 0.25) is 0 Å². The Balaban J connectivity index is 1.36. The van der Waals surface area contributed by atoms with E-state index in [-0.39, 0.29) is 33.8 Å². The molecule has 11 rings (SSSR count). The van der Waals surface area contributed by atoms with Crippen molar-refractivity contribution in [2.75, 3.05) is 9.80 Å². The van der Waals surface area contributed by atoms with Crippen molar-refractivity contribution in [3.05, 3.63) is 249 Å². The van der Waals surface area contributed by atoms with Crippen LogP contribution in [0.15, 0.2) is 194 Å². The maximum absolute atomic E-state index is 2.72. The Hall–Kier alpha value is -6.84. The number of rotatable bonds is 6. The molecule has 2 aliphatic heterocycles. The molecule has 0 radical (unpaired) electrons. The van der Waals surface area contributed by atoms with Gasteiger partial charge in [0.25, 0.3) is 6.71 Å². The van der Waals surface area contributed by atoms with E-state index in [0.717, 1.165) is 5.69 Å². The van der Waals surface area contributed by atoms with Crippen LogP contribution in [0.4, 0.5) is 28.4 Å². The van der Waals surface area contributed by atoms with Crippen LogP contribution in [0, 0.1) is 0 Å². The second-order valence-corrected chi connectivity index (χ2v) is 25.9. The van der Waals surface area contributed by atoms with Gasteiger partial charge in [0.15, 0.2) is 0 Å². The van der Waals surface area contributed by atoms with E-state index >= 15 is 0 Å². The summed E-state index contributed by atoms with van der Waals surface area (Å²) in [4.78, 5) is 5.34. The van der Waals surface area contributed by atoms with Crippen LogP contribution in [-0.4, -0.2) is 6.71 Å². The number of nitrogens with zero attached hydrogens (tertiary/aromatic N) is 2. The zero-order valence-electron chi connectivity index (χ0n) is 45.9. The number of fused-ring (bicyclic) bond motifs is 5. The maximum Gasteiger partial charge on any atom is 0.252 e. The first kappa shape index (κ1) is 48.4. The van der Waals surface area contributed by atoms with Gasteiger partial charge in [-0.25, -0.2) is 0 Å². The third-order valence-corrected chi connectivity index (χ3v) is 16.5. The molecule has 73 heavy (non-hydrogen) atoms. The van der Waals surface area contributed by atoms with Crippen LogP contribution < -0.4 is 20.7 Å². The molecule has 0 saturated heterocycles. The number of allylic oxidation sites excluding steroid dienone is 1. The molecule has 0 aromatic heterocycles. The largest absolute Gasteiger partial charge is 0.314 e. The highest BCUT2D eigenvalue weighted by atomic mass is 15.2. The van der Waals surface area contributed by atoms with E-state index < -0.39 is 5.41 Å². The fraction of sp³-hybridized carbons (Fsp3) is 0.286. The second kappa shape index (κ2) is 16.9. The van der Waals surface area contributed by atoms with Gasteiger partial charge in [-0.05, 0) is 136 Å². The fourth-order valence-electron chi connectivity index (χ4n) is 12.8. The Morgan fingerprint density at radius 2 is 0.808 bits per heavy atom. The van der Waals surface area contributed by atoms with Crippen molar-refractivity contribution in [1.29, 1.82) is 0 Å². The van der Waals surface area contributed by atoms with E-state index in [2.05, 4.69) is 295 Å². The number of hydrogen-bond acceptors (Lipinski definition) is 2. The highest BCUT2D eigenvalue weighted by Gasteiger charge is 2.54. The normalized spacial score (nSPS) is 15.2. The minimum atomic E-state index is -0.701. The Morgan fingerprint density at radius 3 is 1.26 bits per heavy atom. The summed E-state index contributed by atoms with van der Waals surface area (Å²) in [7, 11) is 0. The minimum Gasteiger partial charge on any atom is -0.314 e. The number of hydrogen-bond donors (Lipinski definition) is 0. The summed E-state index contributed by atoms with van der Waals surface area (Å²) < 4.78 is 0. The monoisotopic (exact) mass is 953 g/mol. The van der Waals surface area contributed by atoms with Gasteiger partial charge in [-0.2, -0.15) is 0 Å². The topological polar surface area (TPSA) is 6.48 Å². The van der Waals surface area contributed by atoms with Crippen molar-refractivity contribution in [2.24, 2.45) is 0 Å². The molecule has 8 aromatic rings. The van der Waals surface area contributed by atoms with Crippen molar-refractivity contribution in [1.82, 2.24) is 0 Å². The Bertz CT molecular complexity index is 3330. The highest BCUT2D eigenvalue weighted by molar-refractivity contribution is 7.03. The van der Waals surface area contributed by atoms with Gasteiger partial charge in [0.2, 0.25) is 0 Å². The molecule has 1 aliphatic carbocycles. The zero-order chi connectivity index (χ0) is 51.6. The molecule has 3 aliphatic rings. The molecule has 0 atom stereocenters. The highest BCUT2D eigenvalue weighted by Crippen LogP contribution is 2.59. The third-order valence-electron chi connectivity index (χ3n) is 16.5. The fourth-order valence-corrected chi connectivity index (χ4v) is 12.8. The Morgan fingerprint density at radius 1 is 0.370 bits per heavy atom. The van der Waals surface area contributed by atoms with Crippen molar-refractivity contribution in [3.63, 3.8) is 0 Å². The average Bonchev–Trinajstić information content (AvgIpc) is 3.59. The summed E-state index contributed by atoms with van der Waals surface area (Å²) in [5.74, 6) is 0. The lowest BCUT2D eigenvalue weighted by Gasteiger charge is -2.48. The molecule has 0 spiro atoms. The van der Waals surface area contributed by atoms with Gasteiger partial charge >= 0.3 is 0 Å². The van der Waals surface area contributed by atoms with E-state index in [1.807, 2.05) is 0 Å². The molecule has 0 unspecified atom stereocenters. The van der Waals surface area contributed by atoms with Crippen LogP contribution in [0.5, 0.6) is 0 Å². The summed E-state index contributed by atoms with van der Waals surface area (Å²) in [6, 6.07) is 72.7. The average molecular weight is 953 g/mol. The molecule has 366 valence electrons. The van der Waals surface area contributed by atoms with Crippen molar-refractivity contribution < 1.29 is 0 Å². The number of benzene rings is 8. The Kier molecular flexibility index (Phi) is 11.2. The van der Waals surface area contributed by atoms with Crippen molar-refractivity contribution in [2.45, 2.75) is 129 Å². The third kappa shape index (κ3) is 7.67. The lowest BCUT2D eigenvalue weighted by molar-refractivity contribution is 0.547. The van der Waals surface area contributed by atoms with Crippen molar-refractivity contribution >= 4 is 51.5 Å². The van der Waals surface area contributed by atoms with Gasteiger partial charge < -0.3 is 9.80 Å². The molecular weight excluding hydrogens is 880 g/mol. The maximum atomic E-state index is 2.72. The summed E-state index contributed by atoms with van der Waals surface area (Å²) >= 11 is 0. The van der Waals surface area contributed by atoms with E-state index in [0.29, 0.717) is 0 Å². The lowest BCUT2D eigenvalue weighted by Crippen LogP contribution is -2.56. The quantitative estimate of drug-likeness (QED) is 0.121. The lowest BCUT2D eigenvalue weighted by atomic mass is 9.32. The summed E-state index contributed by atoms with van der Waals surface area (Å²) in [5.41, 5.74) is 23.4. The molecule has 0 bridgehead atoms. The van der Waals surface area contributed by atoms with Crippen LogP contribution in [0.3, 0.4) is 0 Å². The van der Waals surface area contributed by atoms with E-state index in [1.54, 1.807) is 0 Å². The predicted octanol–water partition coefficient (Wildman–Crippen LogP) is 17.0. The summed E-state index contributed by atoms with van der Waals surface area (Å²) in [6.45, 7) is 33.1. The van der Waals surface area contributed by atoms with Crippen LogP contribution in [0.1, 0.15) is 153 Å². The van der Waals surface area contributed by atoms with E-state index in [4.69, 9.17) is 0 Å². The molecular formula is C70H73BN2. The van der Waals surface area contributed by atoms with E-state index in [1.165, 1.54) is 100 Å². The first-order valence-electron chi connectivity index (χ1n) is 26.7. The van der Waals surface area contributed by atoms with Crippen LogP contribution >= 0.6 is 0 Å². The first-order chi connectivity index (χ1) is 34.5. The van der Waals surface area contributed by atoms with Crippen LogP contribution in [0.25, 0.3) is 5.47 Å². The summed E-state index contributed by atoms with van der Waals surface area (Å²) in [5, 5.41) is 0. The smallest absolute Gasteiger partial charge is 0.252 e. The van der Waals surface area contributed by atoms with Gasteiger partial charge in [0.1, 0.15) is 0 Å². The Labute approximate surface area is 437 Å². The SMILES string of the molecule is CC(C)(C)c1ccc(N2C3=C(B4c5cc(C(C)(C)C)ccc5N(c5ccc(C(C)(C)C)cc5)c5cc(C(c6ccccc6)(c6ccccc6)c6ccccc6)cc2c54)c2cccc(C(C)(C)C)c2C3(C)C)cc1. The standard InChI is InChI=1S/C70H73BN2/c1-65(2,3)46-33-38-53(39-34-46)72-58-42-37-51(67(7,8)9)43-57(58)71-62-55-31-24-32-56(68(10,11)12)61(55)69(13,14)64(62)73(54-40-35-47(36-41-54)66(4,5)6)60-45-52(44-59(72)63(60)71)70(48-25-18-15-19-26-48,49-27-20-16-21-28-49)50-29-22-17-23-30-50/h15-45H,1-14H3. The summed E-state index contributed by atoms with van der Waals surface area (Å²) in [6.07, 6.45) is 0. The molecule has 0 fully saturated rings. The molecule has 2 nitrogen and oxygen atoms in total. The van der Waals surface area contributed by atoms with E-state index in [9.17, 15) is 0 Å². The molecule has 8 aromatic carbocycles. The minimum absolute atomic E-state index is 0.00231. The number of anilines is 5. The molecule has 0 N–H and O–H groups in total. The predicted molar refractivity (Wildman–Crippen MR) is 314 cm³/mol. The van der Waals surface area contributed by atoms with Gasteiger partial charge in [-0.3, -0.25) is 0 Å². The van der Waals surface area contributed by atoms with Gasteiger partial charge in [-0.1, -0.05) is 243 Å². The molecule has 0 amide bonds.